The highest BCUT2D eigenvalue weighted by atomic mass is 16.2. The topological polar surface area (TPSA) is 95.7 Å². The van der Waals surface area contributed by atoms with Crippen molar-refractivity contribution in [2.75, 3.05) is 32.0 Å². The van der Waals surface area contributed by atoms with Gasteiger partial charge in [0.15, 0.2) is 0 Å². The number of amides is 3. The Morgan fingerprint density at radius 2 is 1.78 bits per heavy atom. The molecule has 1 saturated heterocycles. The average molecular weight is 374 g/mol. The molecule has 1 aliphatic rings. The molecule has 7 heteroatoms. The van der Waals surface area contributed by atoms with E-state index in [1.54, 1.807) is 16.8 Å². The Hall–Kier alpha value is -2.41. The molecule has 0 aliphatic carbocycles. The maximum atomic E-state index is 12.6. The number of aryl methyl sites for hydroxylation is 3. The molecular formula is C20H30N4O3. The number of likely N-dealkylation sites (tertiary alicyclic amines) is 1. The molecule has 148 valence electrons. The number of nitrogens with one attached hydrogen (secondary N) is 1. The second kappa shape index (κ2) is 8.99. The standard InChI is InChI=1S/C20H30N4O3/c1-13-9-14(2)19(15(3)10-13)22-17(25)11-23(4)12-18(26)24-8-6-5-7-16(24)20(21)27/h9-10,16H,5-8,11-12H2,1-4H3,(H2,21,27)(H,22,25)/t16-/m0/s1. The first kappa shape index (κ1) is 20.9. The molecule has 1 aromatic rings. The van der Waals surface area contributed by atoms with E-state index in [9.17, 15) is 14.4 Å². The number of carbonyl (C=O) groups is 3. The lowest BCUT2D eigenvalue weighted by Gasteiger charge is -2.34. The predicted molar refractivity (Wildman–Crippen MR) is 105 cm³/mol. The minimum absolute atomic E-state index is 0.0725. The smallest absolute Gasteiger partial charge is 0.240 e. The molecule has 1 aromatic carbocycles. The van der Waals surface area contributed by atoms with Gasteiger partial charge in [-0.25, -0.2) is 0 Å². The van der Waals surface area contributed by atoms with Gasteiger partial charge in [-0.1, -0.05) is 17.7 Å². The summed E-state index contributed by atoms with van der Waals surface area (Å²) in [5.41, 5.74) is 9.41. The normalized spacial score (nSPS) is 17.1. The first-order valence-electron chi connectivity index (χ1n) is 9.34. The quantitative estimate of drug-likeness (QED) is 0.786. The van der Waals surface area contributed by atoms with Crippen LogP contribution in [0.5, 0.6) is 0 Å². The van der Waals surface area contributed by atoms with Gasteiger partial charge in [-0.15, -0.1) is 0 Å². The summed E-state index contributed by atoms with van der Waals surface area (Å²) in [5, 5.41) is 2.94. The lowest BCUT2D eigenvalue weighted by Crippen LogP contribution is -2.53. The summed E-state index contributed by atoms with van der Waals surface area (Å²) in [7, 11) is 1.72. The van der Waals surface area contributed by atoms with Crippen molar-refractivity contribution in [2.24, 2.45) is 5.73 Å². The molecule has 1 aliphatic heterocycles. The first-order valence-corrected chi connectivity index (χ1v) is 9.34. The van der Waals surface area contributed by atoms with Gasteiger partial charge in [0, 0.05) is 12.2 Å². The summed E-state index contributed by atoms with van der Waals surface area (Å²) in [6.07, 6.45) is 2.37. The molecular weight excluding hydrogens is 344 g/mol. The van der Waals surface area contributed by atoms with Gasteiger partial charge in [0.05, 0.1) is 13.1 Å². The number of piperidine rings is 1. The minimum Gasteiger partial charge on any atom is -0.368 e. The number of benzene rings is 1. The van der Waals surface area contributed by atoms with E-state index in [4.69, 9.17) is 5.73 Å². The van der Waals surface area contributed by atoms with Crippen LogP contribution in [0.15, 0.2) is 12.1 Å². The summed E-state index contributed by atoms with van der Waals surface area (Å²) in [4.78, 5) is 39.7. The number of carbonyl (C=O) groups excluding carboxylic acids is 3. The number of hydrogen-bond acceptors (Lipinski definition) is 4. The average Bonchev–Trinajstić information content (AvgIpc) is 2.57. The fourth-order valence-corrected chi connectivity index (χ4v) is 3.70. The molecule has 1 atom stereocenters. The Morgan fingerprint density at radius 1 is 1.15 bits per heavy atom. The van der Waals surface area contributed by atoms with E-state index in [1.807, 2.05) is 32.9 Å². The van der Waals surface area contributed by atoms with E-state index in [0.29, 0.717) is 13.0 Å². The molecule has 3 amide bonds. The highest BCUT2D eigenvalue weighted by molar-refractivity contribution is 5.94. The molecule has 1 heterocycles. The van der Waals surface area contributed by atoms with Crippen molar-refractivity contribution in [1.82, 2.24) is 9.80 Å². The number of likely N-dealkylation sites (N-methyl/N-ethyl adjacent to an activating group) is 1. The molecule has 1 fully saturated rings. The summed E-state index contributed by atoms with van der Waals surface area (Å²) in [5.74, 6) is -0.810. The van der Waals surface area contributed by atoms with Crippen LogP contribution < -0.4 is 11.1 Å². The monoisotopic (exact) mass is 374 g/mol. The van der Waals surface area contributed by atoms with Gasteiger partial charge in [-0.2, -0.15) is 0 Å². The third-order valence-corrected chi connectivity index (χ3v) is 4.91. The van der Waals surface area contributed by atoms with Crippen LogP contribution in [0.25, 0.3) is 0 Å². The number of nitrogens with zero attached hydrogens (tertiary/aromatic N) is 2. The predicted octanol–water partition coefficient (Wildman–Crippen LogP) is 1.35. The van der Waals surface area contributed by atoms with Gasteiger partial charge < -0.3 is 16.0 Å². The maximum Gasteiger partial charge on any atom is 0.240 e. The summed E-state index contributed by atoms with van der Waals surface area (Å²) in [6, 6.07) is 3.51. The van der Waals surface area contributed by atoms with Crippen LogP contribution >= 0.6 is 0 Å². The molecule has 7 nitrogen and oxygen atoms in total. The van der Waals surface area contributed by atoms with Gasteiger partial charge in [0.1, 0.15) is 6.04 Å². The second-order valence-electron chi connectivity index (χ2n) is 7.50. The third kappa shape index (κ3) is 5.53. The van der Waals surface area contributed by atoms with Crippen molar-refractivity contribution in [3.63, 3.8) is 0 Å². The van der Waals surface area contributed by atoms with Gasteiger partial charge in [-0.3, -0.25) is 19.3 Å². The first-order chi connectivity index (χ1) is 12.7. The van der Waals surface area contributed by atoms with Gasteiger partial charge in [0.2, 0.25) is 17.7 Å². The third-order valence-electron chi connectivity index (χ3n) is 4.91. The van der Waals surface area contributed by atoms with Crippen LogP contribution in [0, 0.1) is 20.8 Å². The van der Waals surface area contributed by atoms with E-state index >= 15 is 0 Å². The molecule has 2 rings (SSSR count). The molecule has 3 N–H and O–H groups in total. The van der Waals surface area contributed by atoms with Gasteiger partial charge in [0.25, 0.3) is 0 Å². The molecule has 27 heavy (non-hydrogen) atoms. The molecule has 0 unspecified atom stereocenters. The van der Waals surface area contributed by atoms with Crippen LogP contribution in [0.4, 0.5) is 5.69 Å². The number of hydrogen-bond donors (Lipinski definition) is 2. The summed E-state index contributed by atoms with van der Waals surface area (Å²) < 4.78 is 0. The zero-order valence-corrected chi connectivity index (χ0v) is 16.7. The number of rotatable bonds is 6. The largest absolute Gasteiger partial charge is 0.368 e. The van der Waals surface area contributed by atoms with Crippen molar-refractivity contribution in [3.05, 3.63) is 28.8 Å². The minimum atomic E-state index is -0.536. The van der Waals surface area contributed by atoms with Crippen molar-refractivity contribution in [1.29, 1.82) is 0 Å². The Kier molecular flexibility index (Phi) is 6.96. The number of anilines is 1. The maximum absolute atomic E-state index is 12.6. The zero-order chi connectivity index (χ0) is 20.1. The fourth-order valence-electron chi connectivity index (χ4n) is 3.70. The number of primary amides is 1. The molecule has 0 saturated carbocycles. The number of nitrogens with two attached hydrogens (primary N) is 1. The Balaban J connectivity index is 1.93. The second-order valence-corrected chi connectivity index (χ2v) is 7.50. The fraction of sp³-hybridized carbons (Fsp3) is 0.550. The van der Waals surface area contributed by atoms with Crippen molar-refractivity contribution < 1.29 is 14.4 Å². The van der Waals surface area contributed by atoms with Crippen LogP contribution in [0.3, 0.4) is 0 Å². The summed E-state index contributed by atoms with van der Waals surface area (Å²) in [6.45, 7) is 6.64. The van der Waals surface area contributed by atoms with E-state index in [1.165, 1.54) is 0 Å². The highest BCUT2D eigenvalue weighted by Gasteiger charge is 2.31. The van der Waals surface area contributed by atoms with E-state index in [0.717, 1.165) is 35.2 Å². The van der Waals surface area contributed by atoms with Crippen LogP contribution in [0.1, 0.15) is 36.0 Å². The highest BCUT2D eigenvalue weighted by Crippen LogP contribution is 2.22. The SMILES string of the molecule is Cc1cc(C)c(NC(=O)CN(C)CC(=O)N2CCCC[C@H]2C(N)=O)c(C)c1. The van der Waals surface area contributed by atoms with Crippen molar-refractivity contribution in [2.45, 2.75) is 46.1 Å². The van der Waals surface area contributed by atoms with Crippen LogP contribution in [-0.2, 0) is 14.4 Å². The van der Waals surface area contributed by atoms with E-state index < -0.39 is 11.9 Å². The van der Waals surface area contributed by atoms with Crippen LogP contribution in [-0.4, -0.2) is 60.2 Å². The molecule has 0 aromatic heterocycles. The van der Waals surface area contributed by atoms with Gasteiger partial charge >= 0.3 is 0 Å². The van der Waals surface area contributed by atoms with Crippen molar-refractivity contribution >= 4 is 23.4 Å². The van der Waals surface area contributed by atoms with Crippen LogP contribution in [0.2, 0.25) is 0 Å². The molecule has 0 bridgehead atoms. The Bertz CT molecular complexity index is 709. The van der Waals surface area contributed by atoms with E-state index in [2.05, 4.69) is 5.32 Å². The van der Waals surface area contributed by atoms with Gasteiger partial charge in [-0.05, 0) is 58.2 Å². The van der Waals surface area contributed by atoms with Crippen molar-refractivity contribution in [3.8, 4) is 0 Å². The lowest BCUT2D eigenvalue weighted by atomic mass is 10.0. The Morgan fingerprint density at radius 3 is 2.37 bits per heavy atom. The van der Waals surface area contributed by atoms with E-state index in [-0.39, 0.29) is 24.9 Å². The molecule has 0 spiro atoms. The molecule has 0 radical (unpaired) electrons. The summed E-state index contributed by atoms with van der Waals surface area (Å²) >= 11 is 0. The zero-order valence-electron chi connectivity index (χ0n) is 16.7. The Labute approximate surface area is 160 Å². The lowest BCUT2D eigenvalue weighted by molar-refractivity contribution is -0.141.